The lowest BCUT2D eigenvalue weighted by Gasteiger charge is -2.30. The molecule has 7 heteroatoms. The zero-order valence-corrected chi connectivity index (χ0v) is 13.2. The second kappa shape index (κ2) is 5.34. The molecular weight excluding hydrogens is 316 g/mol. The highest BCUT2D eigenvalue weighted by Gasteiger charge is 2.27. The van der Waals surface area contributed by atoms with Crippen LogP contribution in [0.3, 0.4) is 0 Å². The lowest BCUT2D eigenvalue weighted by molar-refractivity contribution is 0.174. The van der Waals surface area contributed by atoms with Gasteiger partial charge >= 0.3 is 10.2 Å². The monoisotopic (exact) mass is 332 g/mol. The maximum absolute atomic E-state index is 12.8. The fourth-order valence-electron chi connectivity index (χ4n) is 2.91. The first-order chi connectivity index (χ1) is 11.1. The minimum absolute atomic E-state index is 0.158. The lowest BCUT2D eigenvalue weighted by atomic mass is 10.0. The number of fused-ring (bicyclic) bond motifs is 2. The molecule has 4 rings (SSSR count). The van der Waals surface area contributed by atoms with E-state index in [2.05, 4.69) is 4.72 Å². The van der Waals surface area contributed by atoms with Crippen LogP contribution < -0.4 is 18.5 Å². The van der Waals surface area contributed by atoms with Crippen LogP contribution in [-0.2, 0) is 16.6 Å². The largest absolute Gasteiger partial charge is 0.454 e. The maximum Gasteiger partial charge on any atom is 0.323 e. The molecule has 1 N–H and O–H groups in total. The van der Waals surface area contributed by atoms with Crippen LogP contribution in [0.25, 0.3) is 0 Å². The number of nitrogens with one attached hydrogen (secondary N) is 1. The summed E-state index contributed by atoms with van der Waals surface area (Å²) >= 11 is 0. The van der Waals surface area contributed by atoms with Crippen LogP contribution in [0.1, 0.15) is 12.0 Å². The fourth-order valence-corrected chi connectivity index (χ4v) is 4.25. The maximum atomic E-state index is 12.8. The summed E-state index contributed by atoms with van der Waals surface area (Å²) in [7, 11) is -3.68. The summed E-state index contributed by atoms with van der Waals surface area (Å²) in [4.78, 5) is 0. The molecule has 0 aromatic heterocycles. The molecule has 0 fully saturated rings. The van der Waals surface area contributed by atoms with Crippen molar-refractivity contribution in [1.29, 1.82) is 0 Å². The second-order valence-electron chi connectivity index (χ2n) is 5.48. The molecule has 0 bridgehead atoms. The summed E-state index contributed by atoms with van der Waals surface area (Å²) in [6.45, 7) is 0.627. The smallest absolute Gasteiger partial charge is 0.323 e. The number of ether oxygens (including phenoxy) is 2. The van der Waals surface area contributed by atoms with Crippen molar-refractivity contribution in [3.05, 3.63) is 48.0 Å². The van der Waals surface area contributed by atoms with Crippen LogP contribution in [-0.4, -0.2) is 21.8 Å². The van der Waals surface area contributed by atoms with Gasteiger partial charge in [0.05, 0.1) is 11.4 Å². The highest BCUT2D eigenvalue weighted by molar-refractivity contribution is 7.94. The Bertz CT molecular complexity index is 851. The normalized spacial score (nSPS) is 16.1. The van der Waals surface area contributed by atoms with Gasteiger partial charge in [-0.1, -0.05) is 18.2 Å². The van der Waals surface area contributed by atoms with Crippen LogP contribution >= 0.6 is 0 Å². The van der Waals surface area contributed by atoms with Crippen molar-refractivity contribution in [3.8, 4) is 11.5 Å². The van der Waals surface area contributed by atoms with Crippen molar-refractivity contribution < 1.29 is 17.9 Å². The number of hydrogen-bond acceptors (Lipinski definition) is 4. The van der Waals surface area contributed by atoms with E-state index in [1.54, 1.807) is 18.2 Å². The number of hydrogen-bond donors (Lipinski definition) is 1. The quantitative estimate of drug-likeness (QED) is 0.938. The molecule has 2 heterocycles. The van der Waals surface area contributed by atoms with E-state index in [1.807, 2.05) is 24.3 Å². The van der Waals surface area contributed by atoms with Gasteiger partial charge in [0.25, 0.3) is 0 Å². The summed E-state index contributed by atoms with van der Waals surface area (Å²) in [6.07, 6.45) is 1.70. The summed E-state index contributed by atoms with van der Waals surface area (Å²) in [5, 5.41) is 0. The Morgan fingerprint density at radius 2 is 1.87 bits per heavy atom. The SMILES string of the molecule is O=S(=O)(Nc1ccc2c(c1)OCO2)N1CCCc2ccccc21. The summed E-state index contributed by atoms with van der Waals surface area (Å²) in [5.74, 6) is 1.17. The molecular formula is C16H16N2O4S. The summed E-state index contributed by atoms with van der Waals surface area (Å²) in [5.41, 5.74) is 2.25. The van der Waals surface area contributed by atoms with Crippen LogP contribution in [0, 0.1) is 0 Å². The van der Waals surface area contributed by atoms with Crippen molar-refractivity contribution in [1.82, 2.24) is 0 Å². The van der Waals surface area contributed by atoms with E-state index in [0.717, 1.165) is 24.1 Å². The topological polar surface area (TPSA) is 67.9 Å². The Labute approximate surface area is 134 Å². The van der Waals surface area contributed by atoms with Crippen LogP contribution in [0.15, 0.2) is 42.5 Å². The van der Waals surface area contributed by atoms with Crippen molar-refractivity contribution in [2.24, 2.45) is 0 Å². The highest BCUT2D eigenvalue weighted by Crippen LogP contribution is 2.35. The molecule has 0 spiro atoms. The van der Waals surface area contributed by atoms with Gasteiger partial charge in [-0.2, -0.15) is 8.42 Å². The molecule has 0 saturated carbocycles. The molecule has 0 aliphatic carbocycles. The van der Waals surface area contributed by atoms with Crippen LogP contribution in [0.5, 0.6) is 11.5 Å². The van der Waals surface area contributed by atoms with E-state index in [1.165, 1.54) is 4.31 Å². The molecule has 120 valence electrons. The van der Waals surface area contributed by atoms with E-state index in [0.29, 0.717) is 23.7 Å². The Hall–Kier alpha value is -2.41. The molecule has 2 aliphatic heterocycles. The van der Waals surface area contributed by atoms with E-state index in [-0.39, 0.29) is 6.79 Å². The van der Waals surface area contributed by atoms with Gasteiger partial charge in [-0.05, 0) is 36.6 Å². The van der Waals surface area contributed by atoms with Gasteiger partial charge in [0.1, 0.15) is 0 Å². The van der Waals surface area contributed by atoms with Crippen LogP contribution in [0.4, 0.5) is 11.4 Å². The molecule has 0 saturated heterocycles. The van der Waals surface area contributed by atoms with Gasteiger partial charge in [-0.25, -0.2) is 0 Å². The highest BCUT2D eigenvalue weighted by atomic mass is 32.2. The van der Waals surface area contributed by atoms with Gasteiger partial charge < -0.3 is 9.47 Å². The zero-order valence-electron chi connectivity index (χ0n) is 12.4. The molecule has 23 heavy (non-hydrogen) atoms. The van der Waals surface area contributed by atoms with E-state index < -0.39 is 10.2 Å². The van der Waals surface area contributed by atoms with Crippen LogP contribution in [0.2, 0.25) is 0 Å². The Morgan fingerprint density at radius 1 is 1.04 bits per heavy atom. The second-order valence-corrected chi connectivity index (χ2v) is 7.07. The third-order valence-corrected chi connectivity index (χ3v) is 5.43. The number of benzene rings is 2. The average molecular weight is 332 g/mol. The number of nitrogens with zero attached hydrogens (tertiary/aromatic N) is 1. The number of para-hydroxylation sites is 1. The molecule has 2 aliphatic rings. The molecule has 2 aromatic carbocycles. The minimum atomic E-state index is -3.68. The fraction of sp³-hybridized carbons (Fsp3) is 0.250. The van der Waals surface area contributed by atoms with Gasteiger partial charge in [0.15, 0.2) is 11.5 Å². The molecule has 2 aromatic rings. The molecule has 0 radical (unpaired) electrons. The lowest BCUT2D eigenvalue weighted by Crippen LogP contribution is -2.39. The molecule has 0 amide bonds. The first-order valence-electron chi connectivity index (χ1n) is 7.41. The Kier molecular flexibility index (Phi) is 3.30. The van der Waals surface area contributed by atoms with Gasteiger partial charge in [-0.15, -0.1) is 0 Å². The van der Waals surface area contributed by atoms with Crippen molar-refractivity contribution in [2.75, 3.05) is 22.4 Å². The predicted molar refractivity (Wildman–Crippen MR) is 87.2 cm³/mol. The van der Waals surface area contributed by atoms with Crippen molar-refractivity contribution in [2.45, 2.75) is 12.8 Å². The van der Waals surface area contributed by atoms with E-state index in [9.17, 15) is 8.42 Å². The third-order valence-electron chi connectivity index (χ3n) is 3.98. The first-order valence-corrected chi connectivity index (χ1v) is 8.85. The van der Waals surface area contributed by atoms with E-state index in [4.69, 9.17) is 9.47 Å². The van der Waals surface area contributed by atoms with Gasteiger partial charge in [-0.3, -0.25) is 9.03 Å². The molecule has 0 atom stereocenters. The predicted octanol–water partition coefficient (Wildman–Crippen LogP) is 2.52. The van der Waals surface area contributed by atoms with Gasteiger partial charge in [0, 0.05) is 12.6 Å². The van der Waals surface area contributed by atoms with E-state index >= 15 is 0 Å². The molecule has 0 unspecified atom stereocenters. The molecule has 6 nitrogen and oxygen atoms in total. The number of aryl methyl sites for hydroxylation is 1. The summed E-state index contributed by atoms with van der Waals surface area (Å²) < 4.78 is 40.1. The third kappa shape index (κ3) is 2.57. The first kappa shape index (κ1) is 14.2. The average Bonchev–Trinajstić information content (AvgIpc) is 3.01. The number of rotatable bonds is 3. The van der Waals surface area contributed by atoms with Crippen molar-refractivity contribution in [3.63, 3.8) is 0 Å². The number of anilines is 2. The zero-order chi connectivity index (χ0) is 15.9. The Balaban J connectivity index is 1.64. The minimum Gasteiger partial charge on any atom is -0.454 e. The standard InChI is InChI=1S/C16H16N2O4S/c19-23(20,17-13-7-8-15-16(10-13)22-11-21-15)18-9-3-5-12-4-1-2-6-14(12)18/h1-2,4,6-8,10,17H,3,5,9,11H2. The summed E-state index contributed by atoms with van der Waals surface area (Å²) in [6, 6.07) is 12.6. The Morgan fingerprint density at radius 3 is 2.78 bits per heavy atom. The van der Waals surface area contributed by atoms with Crippen molar-refractivity contribution >= 4 is 21.6 Å². The van der Waals surface area contributed by atoms with Gasteiger partial charge in [0.2, 0.25) is 6.79 Å².